The van der Waals surface area contributed by atoms with E-state index in [1.165, 1.54) is 30.3 Å². The average Bonchev–Trinajstić information content (AvgIpc) is 2.76. The summed E-state index contributed by atoms with van der Waals surface area (Å²) in [5, 5.41) is 11.4. The molecule has 3 rings (SSSR count). The van der Waals surface area contributed by atoms with Gasteiger partial charge in [-0.3, -0.25) is 4.79 Å². The minimum Gasteiger partial charge on any atom is -0.478 e. The molecule has 1 heterocycles. The van der Waals surface area contributed by atoms with Gasteiger partial charge >= 0.3 is 11.9 Å². The van der Waals surface area contributed by atoms with Crippen LogP contribution in [0.15, 0.2) is 41.4 Å². The van der Waals surface area contributed by atoms with E-state index in [0.29, 0.717) is 0 Å². The largest absolute Gasteiger partial charge is 0.478 e. The number of hydrogen-bond acceptors (Lipinski definition) is 3. The van der Waals surface area contributed by atoms with Crippen molar-refractivity contribution in [2.75, 3.05) is 5.32 Å². The van der Waals surface area contributed by atoms with Gasteiger partial charge < -0.3 is 21.9 Å². The molecule has 6 N–H and O–H groups in total. The van der Waals surface area contributed by atoms with E-state index >= 15 is 0 Å². The number of carbonyl (C=O) groups is 2. The predicted molar refractivity (Wildman–Crippen MR) is 94.1 cm³/mol. The maximum atomic E-state index is 14.0. The van der Waals surface area contributed by atoms with Crippen molar-refractivity contribution < 1.29 is 23.5 Å². The second kappa shape index (κ2) is 6.60. The molecule has 7 nitrogen and oxygen atoms in total. The third-order valence-corrected chi connectivity index (χ3v) is 3.69. The van der Waals surface area contributed by atoms with Crippen LogP contribution in [-0.2, 0) is 10.7 Å². The Kier molecular flexibility index (Phi) is 4.86. The number of halogens is 3. The first kappa shape index (κ1) is 19.1. The third kappa shape index (κ3) is 3.16. The molecule has 1 amide bonds. The summed E-state index contributed by atoms with van der Waals surface area (Å²) >= 11 is 0. The van der Waals surface area contributed by atoms with Gasteiger partial charge in [0, 0.05) is 0 Å². The van der Waals surface area contributed by atoms with E-state index in [0.717, 1.165) is 6.07 Å². The van der Waals surface area contributed by atoms with Crippen molar-refractivity contribution in [3.8, 4) is 11.1 Å². The molecule has 2 aromatic rings. The molecule has 0 saturated heterocycles. The predicted octanol–water partition coefficient (Wildman–Crippen LogP) is 2.42. The number of carboxylic acids is 1. The number of anilines is 1. The number of aromatic carboxylic acids is 1. The summed E-state index contributed by atoms with van der Waals surface area (Å²) in [6.07, 6.45) is 0. The zero-order valence-electron chi connectivity index (χ0n) is 13.0. The van der Waals surface area contributed by atoms with Crippen LogP contribution in [0, 0.1) is 0 Å². The van der Waals surface area contributed by atoms with E-state index in [2.05, 4.69) is 10.3 Å². The Morgan fingerprint density at radius 1 is 1.15 bits per heavy atom. The van der Waals surface area contributed by atoms with E-state index in [1.807, 2.05) is 0 Å². The van der Waals surface area contributed by atoms with Crippen molar-refractivity contribution in [3.63, 3.8) is 0 Å². The maximum absolute atomic E-state index is 14.0. The van der Waals surface area contributed by atoms with Gasteiger partial charge in [0.15, 0.2) is 5.96 Å². The van der Waals surface area contributed by atoms with E-state index < -0.39 is 23.4 Å². The van der Waals surface area contributed by atoms with Gasteiger partial charge in [0.1, 0.15) is 0 Å². The van der Waals surface area contributed by atoms with Gasteiger partial charge in [0.05, 0.1) is 22.5 Å². The summed E-state index contributed by atoms with van der Waals surface area (Å²) in [7, 11) is 0. The molecule has 0 atom stereocenters. The highest BCUT2D eigenvalue weighted by Crippen LogP contribution is 2.42. The summed E-state index contributed by atoms with van der Waals surface area (Å²) in [4.78, 5) is 26.6. The first-order chi connectivity index (χ1) is 11.7. The highest BCUT2D eigenvalue weighted by Gasteiger charge is 2.48. The van der Waals surface area contributed by atoms with Crippen molar-refractivity contribution in [2.45, 2.75) is 5.92 Å². The molecule has 0 aromatic heterocycles. The number of amides is 1. The zero-order chi connectivity index (χ0) is 18.4. The van der Waals surface area contributed by atoms with Crippen molar-refractivity contribution in [2.24, 2.45) is 16.5 Å². The minimum atomic E-state index is -3.69. The lowest BCUT2D eigenvalue weighted by Gasteiger charge is -2.11. The van der Waals surface area contributed by atoms with Gasteiger partial charge in [-0.1, -0.05) is 6.07 Å². The topological polar surface area (TPSA) is 131 Å². The number of aliphatic imine (C=N–C) groups is 1. The molecule has 1 aliphatic rings. The Bertz CT molecular complexity index is 943. The average molecular weight is 383 g/mol. The highest BCUT2D eigenvalue weighted by atomic mass is 35.5. The number of nitrogens with two attached hydrogens (primary N) is 2. The second-order valence-corrected chi connectivity index (χ2v) is 5.36. The van der Waals surface area contributed by atoms with E-state index in [-0.39, 0.29) is 46.4 Å². The normalized spacial score (nSPS) is 14.0. The summed E-state index contributed by atoms with van der Waals surface area (Å²) < 4.78 is 27.9. The number of carbonyl (C=O) groups excluding carboxylic acids is 1. The van der Waals surface area contributed by atoms with Crippen molar-refractivity contribution in [1.82, 2.24) is 0 Å². The van der Waals surface area contributed by atoms with E-state index in [4.69, 9.17) is 11.5 Å². The fraction of sp³-hybridized carbons (Fsp3) is 0.0625. The number of hydrogen-bond donors (Lipinski definition) is 4. The lowest BCUT2D eigenvalue weighted by atomic mass is 9.96. The number of nitrogens with one attached hydrogen (secondary N) is 1. The number of guanidine groups is 1. The van der Waals surface area contributed by atoms with Crippen LogP contribution in [0.5, 0.6) is 0 Å². The van der Waals surface area contributed by atoms with Crippen LogP contribution in [-0.4, -0.2) is 22.9 Å². The monoisotopic (exact) mass is 382 g/mol. The van der Waals surface area contributed by atoms with Crippen LogP contribution in [0.3, 0.4) is 0 Å². The fourth-order valence-electron chi connectivity index (χ4n) is 2.58. The molecule has 2 aromatic carbocycles. The van der Waals surface area contributed by atoms with Crippen molar-refractivity contribution >= 4 is 41.6 Å². The first-order valence-electron chi connectivity index (χ1n) is 7.01. The number of alkyl halides is 2. The summed E-state index contributed by atoms with van der Waals surface area (Å²) in [6, 6.07) is 7.83. The van der Waals surface area contributed by atoms with Gasteiger partial charge in [-0.05, 0) is 41.5 Å². The SMILES string of the molecule is Cl.NC(N)=Nc1ccc(C(=O)O)c(-c2ccc3c(c2)C(F)(F)C(=O)N3)c1. The van der Waals surface area contributed by atoms with E-state index in [1.54, 1.807) is 0 Å². The Morgan fingerprint density at radius 3 is 2.46 bits per heavy atom. The van der Waals surface area contributed by atoms with Crippen LogP contribution in [0.2, 0.25) is 0 Å². The fourth-order valence-corrected chi connectivity index (χ4v) is 2.58. The molecular weight excluding hydrogens is 370 g/mol. The summed E-state index contributed by atoms with van der Waals surface area (Å²) in [5.74, 6) is -6.59. The molecular formula is C16H13ClF2N4O3. The van der Waals surface area contributed by atoms with Crippen LogP contribution >= 0.6 is 12.4 Å². The lowest BCUT2D eigenvalue weighted by Crippen LogP contribution is -2.23. The van der Waals surface area contributed by atoms with E-state index in [9.17, 15) is 23.5 Å². The zero-order valence-corrected chi connectivity index (χ0v) is 13.8. The van der Waals surface area contributed by atoms with Crippen molar-refractivity contribution in [1.29, 1.82) is 0 Å². The number of fused-ring (bicyclic) bond motifs is 1. The molecule has 0 saturated carbocycles. The Labute approximate surface area is 152 Å². The second-order valence-electron chi connectivity index (χ2n) is 5.36. The smallest absolute Gasteiger partial charge is 0.352 e. The number of rotatable bonds is 3. The Morgan fingerprint density at radius 2 is 1.85 bits per heavy atom. The molecule has 0 bridgehead atoms. The third-order valence-electron chi connectivity index (χ3n) is 3.69. The minimum absolute atomic E-state index is 0. The molecule has 136 valence electrons. The molecule has 0 aliphatic carbocycles. The number of nitrogens with zero attached hydrogens (tertiary/aromatic N) is 1. The number of benzene rings is 2. The highest BCUT2D eigenvalue weighted by molar-refractivity contribution is 6.05. The van der Waals surface area contributed by atoms with Gasteiger partial charge in [0.2, 0.25) is 0 Å². The molecule has 0 unspecified atom stereocenters. The van der Waals surface area contributed by atoms with Crippen molar-refractivity contribution in [3.05, 3.63) is 47.5 Å². The molecule has 0 spiro atoms. The molecule has 0 radical (unpaired) electrons. The summed E-state index contributed by atoms with van der Waals surface area (Å²) in [6.45, 7) is 0. The first-order valence-corrected chi connectivity index (χ1v) is 7.01. The van der Waals surface area contributed by atoms with Crippen LogP contribution in [0.1, 0.15) is 15.9 Å². The molecule has 10 heteroatoms. The van der Waals surface area contributed by atoms with Crippen LogP contribution < -0.4 is 16.8 Å². The summed E-state index contributed by atoms with van der Waals surface area (Å²) in [5.41, 5.74) is 10.6. The maximum Gasteiger partial charge on any atom is 0.352 e. The quantitative estimate of drug-likeness (QED) is 0.478. The molecule has 1 aliphatic heterocycles. The van der Waals surface area contributed by atoms with Gasteiger partial charge in [-0.2, -0.15) is 8.78 Å². The van der Waals surface area contributed by atoms with Gasteiger partial charge in [-0.25, -0.2) is 9.79 Å². The van der Waals surface area contributed by atoms with Crippen LogP contribution in [0.4, 0.5) is 20.2 Å². The Balaban J connectivity index is 0.00000243. The standard InChI is InChI=1S/C16H12F2N4O3.ClH/c17-16(18)11-5-7(1-4-12(11)22-14(16)25)10-6-8(21-15(19)20)2-3-9(10)13(23)24;/h1-6H,(H,22,25)(H,23,24)(H4,19,20,21);1H. The lowest BCUT2D eigenvalue weighted by molar-refractivity contribution is -0.139. The molecule has 26 heavy (non-hydrogen) atoms. The molecule has 0 fully saturated rings. The van der Waals surface area contributed by atoms with Gasteiger partial charge in [0.25, 0.3) is 5.91 Å². The number of carboxylic acid groups (broad SMARTS) is 1. The van der Waals surface area contributed by atoms with Crippen LogP contribution in [0.25, 0.3) is 11.1 Å². The Hall–Kier alpha value is -3.20. The van der Waals surface area contributed by atoms with Gasteiger partial charge in [-0.15, -0.1) is 12.4 Å².